The van der Waals surface area contributed by atoms with Crippen LogP contribution in [0.5, 0.6) is 11.5 Å². The Bertz CT molecular complexity index is 593. The second-order valence-electron chi connectivity index (χ2n) is 5.12. The maximum atomic E-state index is 11.9. The first kappa shape index (κ1) is 16.1. The number of ether oxygens (including phenoxy) is 2. The summed E-state index contributed by atoms with van der Waals surface area (Å²) in [6, 6.07) is 17.5. The van der Waals surface area contributed by atoms with Crippen LogP contribution in [0.15, 0.2) is 54.6 Å². The van der Waals surface area contributed by atoms with Gasteiger partial charge in [0.2, 0.25) is 0 Å². The molecule has 3 nitrogen and oxygen atoms in total. The number of benzene rings is 2. The second-order valence-corrected chi connectivity index (χ2v) is 5.12. The molecule has 0 aromatic heterocycles. The Hall–Kier alpha value is -2.29. The van der Waals surface area contributed by atoms with Crippen molar-refractivity contribution in [3.8, 4) is 11.5 Å². The van der Waals surface area contributed by atoms with E-state index >= 15 is 0 Å². The number of para-hydroxylation sites is 1. The third kappa shape index (κ3) is 4.62. The Morgan fingerprint density at radius 2 is 1.73 bits per heavy atom. The van der Waals surface area contributed by atoms with Crippen LogP contribution in [0.3, 0.4) is 0 Å². The smallest absolute Gasteiger partial charge is 0.309 e. The van der Waals surface area contributed by atoms with Gasteiger partial charge in [0, 0.05) is 0 Å². The molecule has 0 radical (unpaired) electrons. The lowest BCUT2D eigenvalue weighted by Crippen LogP contribution is -2.19. The van der Waals surface area contributed by atoms with Gasteiger partial charge in [0.05, 0.1) is 12.5 Å². The third-order valence-electron chi connectivity index (χ3n) is 3.47. The molecule has 2 aromatic rings. The average molecular weight is 298 g/mol. The number of esters is 1. The van der Waals surface area contributed by atoms with E-state index in [2.05, 4.69) is 0 Å². The van der Waals surface area contributed by atoms with Gasteiger partial charge in [0.15, 0.2) is 0 Å². The summed E-state index contributed by atoms with van der Waals surface area (Å²) >= 11 is 0. The van der Waals surface area contributed by atoms with E-state index in [1.54, 1.807) is 0 Å². The molecule has 0 aliphatic carbocycles. The number of hydrogen-bond acceptors (Lipinski definition) is 3. The van der Waals surface area contributed by atoms with Crippen molar-refractivity contribution in [2.45, 2.75) is 26.7 Å². The molecule has 116 valence electrons. The summed E-state index contributed by atoms with van der Waals surface area (Å²) in [5.41, 5.74) is 1.08. The maximum absolute atomic E-state index is 11.9. The largest absolute Gasteiger partial charge is 0.466 e. The lowest BCUT2D eigenvalue weighted by molar-refractivity contribution is -0.148. The van der Waals surface area contributed by atoms with E-state index in [1.807, 2.05) is 68.4 Å². The van der Waals surface area contributed by atoms with Crippen LogP contribution < -0.4 is 4.74 Å². The molecule has 2 rings (SSSR count). The summed E-state index contributed by atoms with van der Waals surface area (Å²) in [6.07, 6.45) is 1.43. The fourth-order valence-corrected chi connectivity index (χ4v) is 2.30. The lowest BCUT2D eigenvalue weighted by atomic mass is 9.97. The Balaban J connectivity index is 2.06. The zero-order chi connectivity index (χ0) is 15.8. The van der Waals surface area contributed by atoms with Gasteiger partial charge >= 0.3 is 5.97 Å². The predicted octanol–water partition coefficient (Wildman–Crippen LogP) is 4.61. The van der Waals surface area contributed by atoms with Gasteiger partial charge in [-0.05, 0) is 49.6 Å². The minimum absolute atomic E-state index is 0.105. The van der Waals surface area contributed by atoms with Crippen LogP contribution in [0.4, 0.5) is 0 Å². The van der Waals surface area contributed by atoms with E-state index in [4.69, 9.17) is 9.47 Å². The molecule has 0 spiro atoms. The van der Waals surface area contributed by atoms with Gasteiger partial charge < -0.3 is 9.47 Å². The second kappa shape index (κ2) is 8.23. The van der Waals surface area contributed by atoms with Crippen molar-refractivity contribution in [1.82, 2.24) is 0 Å². The van der Waals surface area contributed by atoms with Crippen molar-refractivity contribution in [1.29, 1.82) is 0 Å². The van der Waals surface area contributed by atoms with Crippen molar-refractivity contribution >= 4 is 5.97 Å². The van der Waals surface area contributed by atoms with Gasteiger partial charge in [-0.1, -0.05) is 37.3 Å². The molecular weight excluding hydrogens is 276 g/mol. The zero-order valence-electron chi connectivity index (χ0n) is 13.1. The number of carbonyl (C=O) groups is 1. The van der Waals surface area contributed by atoms with Crippen molar-refractivity contribution in [2.75, 3.05) is 6.61 Å². The molecule has 0 amide bonds. The molecule has 0 aliphatic rings. The van der Waals surface area contributed by atoms with Crippen LogP contribution >= 0.6 is 0 Å². The first-order valence-corrected chi connectivity index (χ1v) is 7.71. The Morgan fingerprint density at radius 1 is 1.00 bits per heavy atom. The summed E-state index contributed by atoms with van der Waals surface area (Å²) in [5.74, 6) is 1.35. The summed E-state index contributed by atoms with van der Waals surface area (Å²) < 4.78 is 10.9. The Morgan fingerprint density at radius 3 is 2.41 bits per heavy atom. The molecule has 1 atom stereocenters. The van der Waals surface area contributed by atoms with Gasteiger partial charge in [-0.2, -0.15) is 0 Å². The highest BCUT2D eigenvalue weighted by atomic mass is 16.5. The molecule has 3 heteroatoms. The van der Waals surface area contributed by atoms with Crippen LogP contribution in [-0.2, 0) is 16.0 Å². The standard InChI is InChI=1S/C19H22O3/c1-3-16(19(20)21-4-2)13-15-9-8-12-18(14-15)22-17-10-6-5-7-11-17/h5-12,14,16H,3-4,13H2,1-2H3. The van der Waals surface area contributed by atoms with Crippen LogP contribution in [0.2, 0.25) is 0 Å². The molecule has 0 N–H and O–H groups in total. The van der Waals surface area contributed by atoms with E-state index in [0.717, 1.165) is 23.5 Å². The van der Waals surface area contributed by atoms with E-state index in [-0.39, 0.29) is 11.9 Å². The molecule has 22 heavy (non-hydrogen) atoms. The Labute approximate surface area is 131 Å². The number of carbonyl (C=O) groups excluding carboxylic acids is 1. The summed E-state index contributed by atoms with van der Waals surface area (Å²) in [6.45, 7) is 4.26. The van der Waals surface area contributed by atoms with E-state index in [9.17, 15) is 4.79 Å². The third-order valence-corrected chi connectivity index (χ3v) is 3.47. The highest BCUT2D eigenvalue weighted by molar-refractivity contribution is 5.72. The number of hydrogen-bond donors (Lipinski definition) is 0. The highest BCUT2D eigenvalue weighted by Crippen LogP contribution is 2.23. The van der Waals surface area contributed by atoms with Gasteiger partial charge in [0.1, 0.15) is 11.5 Å². The summed E-state index contributed by atoms with van der Waals surface area (Å²) in [5, 5.41) is 0. The molecular formula is C19H22O3. The first-order chi connectivity index (χ1) is 10.7. The minimum atomic E-state index is -0.126. The monoisotopic (exact) mass is 298 g/mol. The van der Waals surface area contributed by atoms with Crippen LogP contribution in [0, 0.1) is 5.92 Å². The first-order valence-electron chi connectivity index (χ1n) is 7.71. The lowest BCUT2D eigenvalue weighted by Gasteiger charge is -2.14. The van der Waals surface area contributed by atoms with Crippen molar-refractivity contribution in [3.05, 3.63) is 60.2 Å². The molecule has 0 aliphatic heterocycles. The normalized spacial score (nSPS) is 11.7. The minimum Gasteiger partial charge on any atom is -0.466 e. The van der Waals surface area contributed by atoms with Crippen LogP contribution in [0.1, 0.15) is 25.8 Å². The van der Waals surface area contributed by atoms with Crippen molar-refractivity contribution in [3.63, 3.8) is 0 Å². The van der Waals surface area contributed by atoms with Gasteiger partial charge in [-0.3, -0.25) is 4.79 Å². The van der Waals surface area contributed by atoms with Gasteiger partial charge in [-0.25, -0.2) is 0 Å². The topological polar surface area (TPSA) is 35.5 Å². The summed E-state index contributed by atoms with van der Waals surface area (Å²) in [4.78, 5) is 11.9. The van der Waals surface area contributed by atoms with Crippen LogP contribution in [-0.4, -0.2) is 12.6 Å². The van der Waals surface area contributed by atoms with E-state index < -0.39 is 0 Å². The molecule has 0 bridgehead atoms. The quantitative estimate of drug-likeness (QED) is 0.700. The highest BCUT2D eigenvalue weighted by Gasteiger charge is 2.18. The van der Waals surface area contributed by atoms with Gasteiger partial charge in [-0.15, -0.1) is 0 Å². The molecule has 0 heterocycles. The zero-order valence-corrected chi connectivity index (χ0v) is 13.1. The molecule has 2 aromatic carbocycles. The number of rotatable bonds is 7. The molecule has 0 fully saturated rings. The van der Waals surface area contributed by atoms with Crippen molar-refractivity contribution < 1.29 is 14.3 Å². The maximum Gasteiger partial charge on any atom is 0.309 e. The fraction of sp³-hybridized carbons (Fsp3) is 0.316. The molecule has 0 saturated carbocycles. The van der Waals surface area contributed by atoms with Crippen LogP contribution in [0.25, 0.3) is 0 Å². The van der Waals surface area contributed by atoms with E-state index in [1.165, 1.54) is 0 Å². The summed E-state index contributed by atoms with van der Waals surface area (Å²) in [7, 11) is 0. The molecule has 1 unspecified atom stereocenters. The SMILES string of the molecule is CCOC(=O)C(CC)Cc1cccc(Oc2ccccc2)c1. The predicted molar refractivity (Wildman–Crippen MR) is 87.1 cm³/mol. The average Bonchev–Trinajstić information content (AvgIpc) is 2.54. The Kier molecular flexibility index (Phi) is 6.01. The molecule has 0 saturated heterocycles. The fourth-order valence-electron chi connectivity index (χ4n) is 2.30. The van der Waals surface area contributed by atoms with Gasteiger partial charge in [0.25, 0.3) is 0 Å². The van der Waals surface area contributed by atoms with E-state index in [0.29, 0.717) is 13.0 Å². The van der Waals surface area contributed by atoms with Crippen molar-refractivity contribution in [2.24, 2.45) is 5.92 Å².